The molecular weight excluding hydrogens is 474 g/mol. The molecule has 0 fully saturated rings. The number of unbranched alkanes of at least 4 members (excludes halogenated alkanes) is 11. The number of amides is 1. The first kappa shape index (κ1) is 36.0. The fourth-order valence-electron chi connectivity index (χ4n) is 3.78. The zero-order valence-corrected chi connectivity index (χ0v) is 23.8. The Labute approximate surface area is 226 Å². The largest absolute Gasteiger partial charge is 0.394 e. The van der Waals surface area contributed by atoms with Crippen molar-refractivity contribution in [3.8, 4) is 0 Å². The summed E-state index contributed by atoms with van der Waals surface area (Å²) in [5.74, 6) is -0.263. The van der Waals surface area contributed by atoms with Crippen molar-refractivity contribution >= 4 is 5.91 Å². The van der Waals surface area contributed by atoms with Crippen LogP contribution >= 0.6 is 0 Å². The van der Waals surface area contributed by atoms with Gasteiger partial charge in [0.1, 0.15) is 0 Å². The van der Waals surface area contributed by atoms with Gasteiger partial charge in [0.05, 0.1) is 65.0 Å². The number of aliphatic hydroxyl groups excluding tert-OH is 2. The van der Waals surface area contributed by atoms with Crippen LogP contribution in [0.1, 0.15) is 97.3 Å². The number of hydrogen-bond donors (Lipinski definition) is 3. The van der Waals surface area contributed by atoms with Gasteiger partial charge in [-0.2, -0.15) is 0 Å². The number of hydrogen-bond acceptors (Lipinski definition) is 7. The summed E-state index contributed by atoms with van der Waals surface area (Å²) in [6.45, 7) is 7.77. The first-order valence-corrected chi connectivity index (χ1v) is 14.7. The molecule has 0 aliphatic rings. The second kappa shape index (κ2) is 29.5. The van der Waals surface area contributed by atoms with E-state index in [0.717, 1.165) is 12.8 Å². The van der Waals surface area contributed by atoms with E-state index in [4.69, 9.17) is 18.9 Å². The highest BCUT2D eigenvalue weighted by atomic mass is 16.6. The summed E-state index contributed by atoms with van der Waals surface area (Å²) < 4.78 is 21.3. The van der Waals surface area contributed by atoms with Crippen LogP contribution in [-0.2, 0) is 23.7 Å². The van der Waals surface area contributed by atoms with Gasteiger partial charge in [0.15, 0.2) is 0 Å². The third-order valence-electron chi connectivity index (χ3n) is 6.06. The van der Waals surface area contributed by atoms with E-state index in [-0.39, 0.29) is 25.5 Å². The maximum absolute atomic E-state index is 12.1. The molecule has 0 unspecified atom stereocenters. The summed E-state index contributed by atoms with van der Waals surface area (Å²) >= 11 is 0. The number of nitrogens with one attached hydrogen (secondary N) is 1. The molecule has 0 spiro atoms. The highest BCUT2D eigenvalue weighted by molar-refractivity contribution is 5.76. The van der Waals surface area contributed by atoms with E-state index >= 15 is 0 Å². The Hall–Kier alpha value is -1.03. The topological polar surface area (TPSA) is 106 Å². The zero-order chi connectivity index (χ0) is 27.2. The normalized spacial score (nSPS) is 13.3. The van der Waals surface area contributed by atoms with Crippen molar-refractivity contribution in [2.75, 3.05) is 59.5 Å². The molecule has 0 saturated carbocycles. The fraction of sp³-hybridized carbons (Fsp3) is 0.897. The fourth-order valence-corrected chi connectivity index (χ4v) is 3.78. The van der Waals surface area contributed by atoms with Crippen molar-refractivity contribution in [3.63, 3.8) is 0 Å². The summed E-state index contributed by atoms with van der Waals surface area (Å²) in [5.41, 5.74) is 0. The van der Waals surface area contributed by atoms with Crippen LogP contribution in [0, 0.1) is 0 Å². The van der Waals surface area contributed by atoms with E-state index in [1.807, 2.05) is 13.0 Å². The van der Waals surface area contributed by atoms with E-state index in [0.29, 0.717) is 46.2 Å². The lowest BCUT2D eigenvalue weighted by atomic mass is 10.0. The van der Waals surface area contributed by atoms with Gasteiger partial charge >= 0.3 is 0 Å². The zero-order valence-electron chi connectivity index (χ0n) is 23.8. The van der Waals surface area contributed by atoms with Crippen LogP contribution in [0.5, 0.6) is 0 Å². The molecule has 1 amide bonds. The molecule has 0 saturated heterocycles. The molecule has 8 heteroatoms. The number of rotatable bonds is 29. The van der Waals surface area contributed by atoms with E-state index < -0.39 is 12.1 Å². The Morgan fingerprint density at radius 2 is 1.22 bits per heavy atom. The van der Waals surface area contributed by atoms with Crippen LogP contribution < -0.4 is 5.32 Å². The molecule has 0 aromatic heterocycles. The lowest BCUT2D eigenvalue weighted by Crippen LogP contribution is -2.45. The number of ether oxygens (including phenoxy) is 4. The summed E-state index contributed by atoms with van der Waals surface area (Å²) in [5, 5.41) is 22.5. The van der Waals surface area contributed by atoms with Gasteiger partial charge in [-0.1, -0.05) is 83.3 Å². The molecule has 0 aliphatic carbocycles. The van der Waals surface area contributed by atoms with Crippen molar-refractivity contribution in [2.45, 2.75) is 109 Å². The van der Waals surface area contributed by atoms with Gasteiger partial charge < -0.3 is 34.5 Å². The predicted molar refractivity (Wildman–Crippen MR) is 149 cm³/mol. The van der Waals surface area contributed by atoms with Crippen LogP contribution in [0.4, 0.5) is 0 Å². The van der Waals surface area contributed by atoms with Crippen molar-refractivity contribution in [1.82, 2.24) is 5.32 Å². The summed E-state index contributed by atoms with van der Waals surface area (Å²) in [7, 11) is 0. The standard InChI is InChI=1S/C29H57NO7/c1-3-5-6-7-8-9-10-11-12-13-14-15-16-17-28(32)27(26-31)30-29(33)18-19-35-22-23-37-25-24-36-21-20-34-4-2/h16-17,27-28,31-32H,3-15,18-26H2,1-2H3,(H,30,33)/t27-,28+/m0/s1. The molecule has 220 valence electrons. The SMILES string of the molecule is CCCCCCCCCCCCCC=C[C@@H](O)[C@H](CO)NC(=O)CCOCCOCCOCCOCC. The second-order valence-electron chi connectivity index (χ2n) is 9.38. The molecule has 2 atom stereocenters. The monoisotopic (exact) mass is 531 g/mol. The molecule has 37 heavy (non-hydrogen) atoms. The van der Waals surface area contributed by atoms with Gasteiger partial charge in [-0.3, -0.25) is 4.79 Å². The molecule has 8 nitrogen and oxygen atoms in total. The summed E-state index contributed by atoms with van der Waals surface area (Å²) in [6.07, 6.45) is 18.1. The van der Waals surface area contributed by atoms with Gasteiger partial charge in [0, 0.05) is 13.0 Å². The van der Waals surface area contributed by atoms with Crippen molar-refractivity contribution in [3.05, 3.63) is 12.2 Å². The van der Waals surface area contributed by atoms with Crippen LogP contribution in [0.3, 0.4) is 0 Å². The Morgan fingerprint density at radius 3 is 1.73 bits per heavy atom. The summed E-state index contributed by atoms with van der Waals surface area (Å²) in [6, 6.07) is -0.716. The highest BCUT2D eigenvalue weighted by Crippen LogP contribution is 2.12. The maximum atomic E-state index is 12.1. The minimum Gasteiger partial charge on any atom is -0.394 e. The molecular formula is C29H57NO7. The van der Waals surface area contributed by atoms with Crippen molar-refractivity contribution in [1.29, 1.82) is 0 Å². The Kier molecular flexibility index (Phi) is 28.7. The van der Waals surface area contributed by atoms with E-state index in [1.165, 1.54) is 64.2 Å². The highest BCUT2D eigenvalue weighted by Gasteiger charge is 2.18. The van der Waals surface area contributed by atoms with Gasteiger partial charge in [-0.15, -0.1) is 0 Å². The van der Waals surface area contributed by atoms with E-state index in [2.05, 4.69) is 12.2 Å². The lowest BCUT2D eigenvalue weighted by Gasteiger charge is -2.20. The Bertz CT molecular complexity index is 505. The van der Waals surface area contributed by atoms with Gasteiger partial charge in [0.25, 0.3) is 0 Å². The predicted octanol–water partition coefficient (Wildman–Crippen LogP) is 4.56. The average Bonchev–Trinajstić information content (AvgIpc) is 2.90. The van der Waals surface area contributed by atoms with Gasteiger partial charge in [-0.25, -0.2) is 0 Å². The van der Waals surface area contributed by atoms with Gasteiger partial charge in [-0.05, 0) is 19.8 Å². The lowest BCUT2D eigenvalue weighted by molar-refractivity contribution is -0.124. The van der Waals surface area contributed by atoms with Crippen LogP contribution in [0.2, 0.25) is 0 Å². The molecule has 0 heterocycles. The summed E-state index contributed by atoms with van der Waals surface area (Å²) in [4.78, 5) is 12.1. The van der Waals surface area contributed by atoms with Crippen LogP contribution in [0.25, 0.3) is 0 Å². The Morgan fingerprint density at radius 1 is 0.730 bits per heavy atom. The van der Waals surface area contributed by atoms with Crippen molar-refractivity contribution in [2.24, 2.45) is 0 Å². The minimum atomic E-state index is -0.910. The molecule has 0 bridgehead atoms. The third kappa shape index (κ3) is 26.4. The first-order chi connectivity index (χ1) is 18.2. The number of carbonyl (C=O) groups is 1. The van der Waals surface area contributed by atoms with Crippen molar-refractivity contribution < 1.29 is 34.0 Å². The molecule has 0 radical (unpaired) electrons. The average molecular weight is 532 g/mol. The van der Waals surface area contributed by atoms with E-state index in [9.17, 15) is 15.0 Å². The number of carbonyl (C=O) groups excluding carboxylic acids is 1. The Balaban J connectivity index is 3.65. The molecule has 0 aromatic carbocycles. The smallest absolute Gasteiger partial charge is 0.222 e. The quantitative estimate of drug-likeness (QED) is 0.0960. The third-order valence-corrected chi connectivity index (χ3v) is 6.06. The maximum Gasteiger partial charge on any atom is 0.222 e. The first-order valence-electron chi connectivity index (χ1n) is 14.7. The van der Waals surface area contributed by atoms with Crippen LogP contribution in [-0.4, -0.2) is 87.7 Å². The second-order valence-corrected chi connectivity index (χ2v) is 9.38. The molecule has 0 aliphatic heterocycles. The van der Waals surface area contributed by atoms with Gasteiger partial charge in [0.2, 0.25) is 5.91 Å². The van der Waals surface area contributed by atoms with E-state index in [1.54, 1.807) is 6.08 Å². The molecule has 0 rings (SSSR count). The molecule has 3 N–H and O–H groups in total. The number of allylic oxidation sites excluding steroid dienone is 1. The molecule has 0 aromatic rings. The van der Waals surface area contributed by atoms with Crippen LogP contribution in [0.15, 0.2) is 12.2 Å². The number of aliphatic hydroxyl groups is 2. The minimum absolute atomic E-state index is 0.159.